The van der Waals surface area contributed by atoms with Gasteiger partial charge < -0.3 is 4.74 Å². The summed E-state index contributed by atoms with van der Waals surface area (Å²) in [4.78, 5) is 10.9. The van der Waals surface area contributed by atoms with Crippen LogP contribution in [0.25, 0.3) is 0 Å². The zero-order valence-corrected chi connectivity index (χ0v) is 9.92. The zero-order chi connectivity index (χ0) is 11.5. The molecule has 0 saturated carbocycles. The maximum atomic E-state index is 10.9. The number of allylic oxidation sites excluding steroid dienone is 1. The molecule has 0 unspecified atom stereocenters. The van der Waals surface area contributed by atoms with Gasteiger partial charge in [0, 0.05) is 5.57 Å². The summed E-state index contributed by atoms with van der Waals surface area (Å²) in [6.07, 6.45) is 10.7. The molecule has 0 fully saturated rings. The lowest BCUT2D eigenvalue weighted by atomic mass is 10.1. The summed E-state index contributed by atoms with van der Waals surface area (Å²) in [6, 6.07) is 0. The van der Waals surface area contributed by atoms with Crippen LogP contribution < -0.4 is 0 Å². The Kier molecular flexibility index (Phi) is 8.84. The number of carbonyl (C=O) groups excluding carboxylic acids is 1. The van der Waals surface area contributed by atoms with E-state index in [-0.39, 0.29) is 5.97 Å². The molecule has 0 aromatic heterocycles. The smallest absolute Gasteiger partial charge is 0.337 e. The average Bonchev–Trinajstić information content (AvgIpc) is 2.21. The fraction of sp³-hybridized carbons (Fsp3) is 0.615. The number of carbonyl (C=O) groups is 1. The van der Waals surface area contributed by atoms with E-state index in [1.807, 2.05) is 6.08 Å². The summed E-state index contributed by atoms with van der Waals surface area (Å²) in [5.41, 5.74) is 0.433. The van der Waals surface area contributed by atoms with Crippen molar-refractivity contribution >= 4 is 5.97 Å². The van der Waals surface area contributed by atoms with E-state index in [4.69, 9.17) is 4.74 Å². The Hall–Kier alpha value is -1.05. The maximum absolute atomic E-state index is 10.9. The summed E-state index contributed by atoms with van der Waals surface area (Å²) >= 11 is 0. The Morgan fingerprint density at radius 1 is 1.27 bits per heavy atom. The van der Waals surface area contributed by atoms with Crippen LogP contribution in [0.1, 0.15) is 52.4 Å². The van der Waals surface area contributed by atoms with Crippen LogP contribution in [-0.4, -0.2) is 5.97 Å². The van der Waals surface area contributed by atoms with Gasteiger partial charge in [0.15, 0.2) is 0 Å². The van der Waals surface area contributed by atoms with E-state index in [0.29, 0.717) is 5.57 Å². The second-order valence-corrected chi connectivity index (χ2v) is 3.76. The van der Waals surface area contributed by atoms with Crippen LogP contribution in [0, 0.1) is 0 Å². The molecule has 15 heavy (non-hydrogen) atoms. The SMILES string of the molecule is C=C(C)C(=O)OC=CCCCCCCC. The quantitative estimate of drug-likeness (QED) is 0.262. The van der Waals surface area contributed by atoms with Crippen molar-refractivity contribution in [2.75, 3.05) is 0 Å². The molecule has 0 saturated heterocycles. The van der Waals surface area contributed by atoms with E-state index < -0.39 is 0 Å². The predicted octanol–water partition coefficient (Wildman–Crippen LogP) is 3.98. The fourth-order valence-corrected chi connectivity index (χ4v) is 1.14. The first-order chi connectivity index (χ1) is 7.18. The Morgan fingerprint density at radius 2 is 1.93 bits per heavy atom. The summed E-state index contributed by atoms with van der Waals surface area (Å²) < 4.78 is 4.81. The molecule has 0 aliphatic rings. The first kappa shape index (κ1) is 13.9. The van der Waals surface area contributed by atoms with E-state index in [2.05, 4.69) is 13.5 Å². The lowest BCUT2D eigenvalue weighted by molar-refractivity contribution is -0.133. The molecule has 0 aliphatic carbocycles. The van der Waals surface area contributed by atoms with Gasteiger partial charge in [-0.15, -0.1) is 0 Å². The second-order valence-electron chi connectivity index (χ2n) is 3.76. The third-order valence-corrected chi connectivity index (χ3v) is 2.09. The minimum Gasteiger partial charge on any atom is -0.431 e. The molecule has 0 heterocycles. The molecule has 86 valence electrons. The molecule has 0 rings (SSSR count). The van der Waals surface area contributed by atoms with Gasteiger partial charge in [-0.1, -0.05) is 39.2 Å². The van der Waals surface area contributed by atoms with Crippen molar-refractivity contribution in [2.45, 2.75) is 52.4 Å². The van der Waals surface area contributed by atoms with Gasteiger partial charge in [-0.3, -0.25) is 0 Å². The number of ether oxygens (including phenoxy) is 1. The minimum atomic E-state index is -0.350. The highest BCUT2D eigenvalue weighted by Crippen LogP contribution is 2.05. The fourth-order valence-electron chi connectivity index (χ4n) is 1.14. The van der Waals surface area contributed by atoms with Crippen LogP contribution in [0.5, 0.6) is 0 Å². The van der Waals surface area contributed by atoms with Crippen molar-refractivity contribution in [3.8, 4) is 0 Å². The van der Waals surface area contributed by atoms with Crippen molar-refractivity contribution in [1.82, 2.24) is 0 Å². The van der Waals surface area contributed by atoms with Gasteiger partial charge in [0.25, 0.3) is 0 Å². The maximum Gasteiger partial charge on any atom is 0.337 e. The number of hydrogen-bond donors (Lipinski definition) is 0. The van der Waals surface area contributed by atoms with Crippen LogP contribution >= 0.6 is 0 Å². The minimum absolute atomic E-state index is 0.350. The average molecular weight is 210 g/mol. The number of esters is 1. The molecule has 0 radical (unpaired) electrons. The number of unbranched alkanes of at least 4 members (excludes halogenated alkanes) is 5. The third-order valence-electron chi connectivity index (χ3n) is 2.09. The predicted molar refractivity (Wildman–Crippen MR) is 63.4 cm³/mol. The molecule has 2 nitrogen and oxygen atoms in total. The Morgan fingerprint density at radius 3 is 2.53 bits per heavy atom. The van der Waals surface area contributed by atoms with Gasteiger partial charge in [0.05, 0.1) is 6.26 Å². The third kappa shape index (κ3) is 9.26. The highest BCUT2D eigenvalue weighted by Gasteiger charge is 1.98. The first-order valence-electron chi connectivity index (χ1n) is 5.70. The molecule has 0 N–H and O–H groups in total. The Bertz CT molecular complexity index is 217. The largest absolute Gasteiger partial charge is 0.431 e. The summed E-state index contributed by atoms with van der Waals surface area (Å²) in [7, 11) is 0. The summed E-state index contributed by atoms with van der Waals surface area (Å²) in [5.74, 6) is -0.350. The highest BCUT2D eigenvalue weighted by molar-refractivity contribution is 5.87. The van der Waals surface area contributed by atoms with E-state index in [0.717, 1.165) is 6.42 Å². The molecule has 0 atom stereocenters. The van der Waals surface area contributed by atoms with Crippen molar-refractivity contribution in [1.29, 1.82) is 0 Å². The highest BCUT2D eigenvalue weighted by atomic mass is 16.5. The second kappa shape index (κ2) is 9.50. The van der Waals surface area contributed by atoms with Gasteiger partial charge in [-0.05, 0) is 25.8 Å². The van der Waals surface area contributed by atoms with Crippen molar-refractivity contribution in [2.24, 2.45) is 0 Å². The van der Waals surface area contributed by atoms with Crippen LogP contribution in [0.15, 0.2) is 24.5 Å². The molecule has 0 amide bonds. The molecule has 0 bridgehead atoms. The van der Waals surface area contributed by atoms with E-state index >= 15 is 0 Å². The van der Waals surface area contributed by atoms with Crippen molar-refractivity contribution in [3.05, 3.63) is 24.5 Å². The lowest BCUT2D eigenvalue weighted by Crippen LogP contribution is -1.98. The molecular formula is C13H22O2. The van der Waals surface area contributed by atoms with Gasteiger partial charge in [0.1, 0.15) is 0 Å². The molecule has 0 aromatic rings. The van der Waals surface area contributed by atoms with E-state index in [1.54, 1.807) is 6.92 Å². The molecule has 2 heteroatoms. The monoisotopic (exact) mass is 210 g/mol. The molecular weight excluding hydrogens is 188 g/mol. The zero-order valence-electron chi connectivity index (χ0n) is 9.92. The number of hydrogen-bond acceptors (Lipinski definition) is 2. The van der Waals surface area contributed by atoms with Crippen LogP contribution in [0.3, 0.4) is 0 Å². The van der Waals surface area contributed by atoms with E-state index in [1.165, 1.54) is 38.4 Å². The van der Waals surface area contributed by atoms with Gasteiger partial charge >= 0.3 is 5.97 Å². The summed E-state index contributed by atoms with van der Waals surface area (Å²) in [6.45, 7) is 7.34. The topological polar surface area (TPSA) is 26.3 Å². The summed E-state index contributed by atoms with van der Waals surface area (Å²) in [5, 5.41) is 0. The van der Waals surface area contributed by atoms with Crippen LogP contribution in [0.4, 0.5) is 0 Å². The lowest BCUT2D eigenvalue weighted by Gasteiger charge is -1.97. The first-order valence-corrected chi connectivity index (χ1v) is 5.70. The van der Waals surface area contributed by atoms with Crippen LogP contribution in [0.2, 0.25) is 0 Å². The van der Waals surface area contributed by atoms with Gasteiger partial charge in [-0.2, -0.15) is 0 Å². The molecule has 0 spiro atoms. The Labute approximate surface area is 93.0 Å². The number of rotatable bonds is 8. The molecule has 0 aliphatic heterocycles. The molecule has 0 aromatic carbocycles. The van der Waals surface area contributed by atoms with Gasteiger partial charge in [0.2, 0.25) is 0 Å². The standard InChI is InChI=1S/C13H22O2/c1-4-5-6-7-8-9-10-11-15-13(14)12(2)3/h10-11H,2,4-9H2,1,3H3. The Balaban J connectivity index is 3.32. The van der Waals surface area contributed by atoms with Crippen molar-refractivity contribution in [3.63, 3.8) is 0 Å². The van der Waals surface area contributed by atoms with E-state index in [9.17, 15) is 4.79 Å². The van der Waals surface area contributed by atoms with Crippen molar-refractivity contribution < 1.29 is 9.53 Å². The van der Waals surface area contributed by atoms with Gasteiger partial charge in [-0.25, -0.2) is 4.79 Å². The van der Waals surface area contributed by atoms with Crippen LogP contribution in [-0.2, 0) is 9.53 Å². The normalized spacial score (nSPS) is 10.5.